The zero-order valence-electron chi connectivity index (χ0n) is 23.1. The first-order chi connectivity index (χ1) is 19.3. The lowest BCUT2D eigenvalue weighted by Crippen LogP contribution is -2.34. The molecule has 1 amide bonds. The lowest BCUT2D eigenvalue weighted by atomic mass is 10.0. The number of benzene rings is 1. The van der Waals surface area contributed by atoms with Crippen LogP contribution in [0.4, 0.5) is 11.5 Å². The van der Waals surface area contributed by atoms with Gasteiger partial charge in [0.1, 0.15) is 29.3 Å². The summed E-state index contributed by atoms with van der Waals surface area (Å²) < 4.78 is 5.91. The molecule has 1 aliphatic rings. The standard InChI is InChI=1S/C30H33ClN6O2S/c1-19(2)36(4)13-6-9-27(38)37-14-12-23-26(16-37)40-30-28(23)29(32-18-33-30)35-21-10-11-25(24(31)15-21)39-17-22-8-5-7-20(3)34-22/h5-11,15,18-19H,12-14,16-17H2,1-4H3,(H,32,33,35)/b9-6+. The van der Waals surface area contributed by atoms with Gasteiger partial charge in [-0.1, -0.05) is 23.7 Å². The summed E-state index contributed by atoms with van der Waals surface area (Å²) in [5.74, 6) is 1.36. The third-order valence-corrected chi connectivity index (χ3v) is 8.42. The van der Waals surface area contributed by atoms with Gasteiger partial charge in [0.2, 0.25) is 5.91 Å². The average Bonchev–Trinajstić information content (AvgIpc) is 3.31. The van der Waals surface area contributed by atoms with Crippen molar-refractivity contribution in [3.8, 4) is 5.75 Å². The van der Waals surface area contributed by atoms with Gasteiger partial charge >= 0.3 is 0 Å². The van der Waals surface area contributed by atoms with E-state index in [2.05, 4.69) is 46.1 Å². The number of ether oxygens (including phenoxy) is 1. The van der Waals surface area contributed by atoms with Crippen molar-refractivity contribution in [2.45, 2.75) is 46.4 Å². The second-order valence-corrected chi connectivity index (χ2v) is 11.7. The van der Waals surface area contributed by atoms with Crippen LogP contribution in [0.25, 0.3) is 10.2 Å². The number of hydrogen-bond donors (Lipinski definition) is 1. The molecule has 1 aliphatic heterocycles. The lowest BCUT2D eigenvalue weighted by molar-refractivity contribution is -0.126. The maximum absolute atomic E-state index is 12.8. The van der Waals surface area contributed by atoms with Crippen LogP contribution in [-0.2, 0) is 24.4 Å². The zero-order valence-corrected chi connectivity index (χ0v) is 24.7. The number of aromatic nitrogens is 3. The molecule has 1 N–H and O–H groups in total. The van der Waals surface area contributed by atoms with Crippen LogP contribution in [0.15, 0.2) is 54.9 Å². The Morgan fingerprint density at radius 3 is 2.90 bits per heavy atom. The van der Waals surface area contributed by atoms with Crippen molar-refractivity contribution < 1.29 is 9.53 Å². The van der Waals surface area contributed by atoms with Crippen molar-refractivity contribution >= 4 is 50.6 Å². The van der Waals surface area contributed by atoms with Crippen molar-refractivity contribution in [2.24, 2.45) is 0 Å². The summed E-state index contributed by atoms with van der Waals surface area (Å²) in [6, 6.07) is 11.9. The average molecular weight is 577 g/mol. The van der Waals surface area contributed by atoms with E-state index >= 15 is 0 Å². The summed E-state index contributed by atoms with van der Waals surface area (Å²) in [4.78, 5) is 32.5. The number of hydrogen-bond acceptors (Lipinski definition) is 8. The molecule has 40 heavy (non-hydrogen) atoms. The number of halogens is 1. The Balaban J connectivity index is 1.28. The quantitative estimate of drug-likeness (QED) is 0.239. The molecule has 8 nitrogen and oxygen atoms in total. The molecule has 0 atom stereocenters. The first kappa shape index (κ1) is 28.0. The van der Waals surface area contributed by atoms with E-state index in [0.717, 1.165) is 51.0 Å². The third kappa shape index (κ3) is 6.43. The van der Waals surface area contributed by atoms with Crippen molar-refractivity contribution in [1.82, 2.24) is 24.8 Å². The van der Waals surface area contributed by atoms with E-state index < -0.39 is 0 Å². The molecule has 0 fully saturated rings. The second-order valence-electron chi connectivity index (χ2n) is 10.2. The summed E-state index contributed by atoms with van der Waals surface area (Å²) in [6.07, 6.45) is 5.95. The van der Waals surface area contributed by atoms with Crippen LogP contribution in [0.1, 0.15) is 35.7 Å². The summed E-state index contributed by atoms with van der Waals surface area (Å²) in [5, 5.41) is 4.92. The molecule has 0 aliphatic carbocycles. The van der Waals surface area contributed by atoms with Crippen LogP contribution in [0, 0.1) is 6.92 Å². The first-order valence-electron chi connectivity index (χ1n) is 13.3. The normalized spacial score (nSPS) is 13.4. The van der Waals surface area contributed by atoms with Crippen LogP contribution in [-0.4, -0.2) is 56.8 Å². The molecular weight excluding hydrogens is 544 g/mol. The Morgan fingerprint density at radius 1 is 1.27 bits per heavy atom. The van der Waals surface area contributed by atoms with Crippen LogP contribution < -0.4 is 10.1 Å². The number of aryl methyl sites for hydroxylation is 1. The van der Waals surface area contributed by atoms with Crippen molar-refractivity contribution in [1.29, 1.82) is 0 Å². The Bertz CT molecular complexity index is 1550. The van der Waals surface area contributed by atoms with Crippen molar-refractivity contribution in [3.05, 3.63) is 81.7 Å². The predicted molar refractivity (Wildman–Crippen MR) is 161 cm³/mol. The van der Waals surface area contributed by atoms with E-state index in [4.69, 9.17) is 16.3 Å². The highest BCUT2D eigenvalue weighted by molar-refractivity contribution is 7.19. The molecule has 1 aromatic carbocycles. The Kier molecular flexibility index (Phi) is 8.63. The zero-order chi connectivity index (χ0) is 28.2. The maximum atomic E-state index is 12.8. The first-order valence-corrected chi connectivity index (χ1v) is 14.5. The number of likely N-dealkylation sites (N-methyl/N-ethyl adjacent to an activating group) is 1. The number of anilines is 2. The maximum Gasteiger partial charge on any atom is 0.246 e. The molecule has 0 spiro atoms. The topological polar surface area (TPSA) is 83.5 Å². The Labute approximate surface area is 243 Å². The van der Waals surface area contributed by atoms with Crippen LogP contribution in [0.3, 0.4) is 0 Å². The highest BCUT2D eigenvalue weighted by Crippen LogP contribution is 2.38. The molecule has 0 saturated carbocycles. The highest BCUT2D eigenvalue weighted by Gasteiger charge is 2.25. The molecule has 0 saturated heterocycles. The Morgan fingerprint density at radius 2 is 2.12 bits per heavy atom. The van der Waals surface area contributed by atoms with E-state index in [-0.39, 0.29) is 5.91 Å². The van der Waals surface area contributed by atoms with Gasteiger partial charge in [0.05, 0.1) is 22.6 Å². The van der Waals surface area contributed by atoms with E-state index in [9.17, 15) is 4.79 Å². The summed E-state index contributed by atoms with van der Waals surface area (Å²) >= 11 is 8.18. The van der Waals surface area contributed by atoms with Crippen LogP contribution in [0.2, 0.25) is 5.02 Å². The van der Waals surface area contributed by atoms with E-state index in [1.807, 2.05) is 54.3 Å². The smallest absolute Gasteiger partial charge is 0.246 e. The molecule has 0 bridgehead atoms. The van der Waals surface area contributed by atoms with Gasteiger partial charge in [-0.2, -0.15) is 0 Å². The number of nitrogens with one attached hydrogen (secondary N) is 1. The summed E-state index contributed by atoms with van der Waals surface area (Å²) in [5.41, 5.74) is 3.79. The number of nitrogens with zero attached hydrogens (tertiary/aromatic N) is 5. The van der Waals surface area contributed by atoms with Gasteiger partial charge in [-0.25, -0.2) is 9.97 Å². The lowest BCUT2D eigenvalue weighted by Gasteiger charge is -2.26. The Hall–Kier alpha value is -3.53. The summed E-state index contributed by atoms with van der Waals surface area (Å²) in [7, 11) is 2.05. The van der Waals surface area contributed by atoms with Gasteiger partial charge in [0, 0.05) is 41.5 Å². The fraction of sp³-hybridized carbons (Fsp3) is 0.333. The van der Waals surface area contributed by atoms with Gasteiger partial charge in [-0.3, -0.25) is 9.78 Å². The number of carbonyl (C=O) groups is 1. The van der Waals surface area contributed by atoms with Gasteiger partial charge in [0.25, 0.3) is 0 Å². The molecule has 5 rings (SSSR count). The second kappa shape index (κ2) is 12.3. The van der Waals surface area contributed by atoms with Gasteiger partial charge in [0.15, 0.2) is 0 Å². The minimum Gasteiger partial charge on any atom is -0.486 e. The van der Waals surface area contributed by atoms with Gasteiger partial charge < -0.3 is 19.9 Å². The van der Waals surface area contributed by atoms with E-state index in [1.54, 1.807) is 23.7 Å². The van der Waals surface area contributed by atoms with Crippen LogP contribution >= 0.6 is 22.9 Å². The number of pyridine rings is 1. The highest BCUT2D eigenvalue weighted by atomic mass is 35.5. The summed E-state index contributed by atoms with van der Waals surface area (Å²) in [6.45, 7) is 8.55. The van der Waals surface area contributed by atoms with Crippen molar-refractivity contribution in [3.63, 3.8) is 0 Å². The van der Waals surface area contributed by atoms with E-state index in [0.29, 0.717) is 36.5 Å². The molecule has 208 valence electrons. The molecule has 4 aromatic rings. The van der Waals surface area contributed by atoms with Gasteiger partial charge in [-0.05, 0) is 70.1 Å². The minimum atomic E-state index is 0.0415. The largest absolute Gasteiger partial charge is 0.486 e. The number of fused-ring (bicyclic) bond motifs is 3. The fourth-order valence-electron chi connectivity index (χ4n) is 4.51. The minimum absolute atomic E-state index is 0.0415. The molecule has 4 heterocycles. The number of thiophene rings is 1. The number of amides is 1. The monoisotopic (exact) mass is 576 g/mol. The molecule has 3 aromatic heterocycles. The predicted octanol–water partition coefficient (Wildman–Crippen LogP) is 6.15. The number of rotatable bonds is 9. The molecular formula is C30H33ClN6O2S. The molecule has 0 radical (unpaired) electrons. The fourth-order valence-corrected chi connectivity index (χ4v) is 5.95. The number of carbonyl (C=O) groups excluding carboxylic acids is 1. The van der Waals surface area contributed by atoms with Crippen LogP contribution in [0.5, 0.6) is 5.75 Å². The molecule has 0 unspecified atom stereocenters. The van der Waals surface area contributed by atoms with Gasteiger partial charge in [-0.15, -0.1) is 11.3 Å². The SMILES string of the molecule is Cc1cccc(COc2ccc(Nc3ncnc4sc5c(c34)CCN(C(=O)/C=C/CN(C)C(C)C)C5)cc2Cl)n1. The third-order valence-electron chi connectivity index (χ3n) is 7.00. The van der Waals surface area contributed by atoms with Crippen molar-refractivity contribution in [2.75, 3.05) is 25.5 Å². The van der Waals surface area contributed by atoms with E-state index in [1.165, 1.54) is 5.56 Å². The molecule has 10 heteroatoms.